The molecule has 0 aliphatic carbocycles. The lowest BCUT2D eigenvalue weighted by molar-refractivity contribution is -0.135. The van der Waals surface area contributed by atoms with Crippen molar-refractivity contribution in [1.29, 1.82) is 0 Å². The second-order valence-electron chi connectivity index (χ2n) is 7.76. The Morgan fingerprint density at radius 1 is 1.19 bits per heavy atom. The second kappa shape index (κ2) is 10.5. The molecule has 2 aliphatic rings. The molecule has 3 rings (SSSR count). The fourth-order valence-corrected chi connectivity index (χ4v) is 4.91. The number of halogens is 1. The van der Waals surface area contributed by atoms with Gasteiger partial charge in [0.1, 0.15) is 6.54 Å². The predicted molar refractivity (Wildman–Crippen MR) is 124 cm³/mol. The van der Waals surface area contributed by atoms with Crippen LogP contribution in [0.3, 0.4) is 0 Å². The maximum atomic E-state index is 12.8. The number of likely N-dealkylation sites (tertiary alicyclic amines) is 1. The number of rotatable bonds is 6. The Bertz CT molecular complexity index is 894. The van der Waals surface area contributed by atoms with Crippen LogP contribution < -0.4 is 9.47 Å². The fraction of sp³-hybridized carbons (Fsp3) is 0.500. The summed E-state index contributed by atoms with van der Waals surface area (Å²) in [4.78, 5) is 41.0. The Morgan fingerprint density at radius 2 is 1.87 bits per heavy atom. The van der Waals surface area contributed by atoms with Gasteiger partial charge in [-0.1, -0.05) is 12.8 Å². The van der Waals surface area contributed by atoms with E-state index in [2.05, 4.69) is 15.9 Å². The largest absolute Gasteiger partial charge is 0.493 e. The van der Waals surface area contributed by atoms with Crippen molar-refractivity contribution >= 4 is 50.8 Å². The fourth-order valence-electron chi connectivity index (χ4n) is 3.52. The van der Waals surface area contributed by atoms with Gasteiger partial charge in [0.05, 0.1) is 22.6 Å². The number of carbonyl (C=O) groups is 3. The minimum atomic E-state index is -0.448. The Kier molecular flexibility index (Phi) is 8.05. The highest BCUT2D eigenvalue weighted by molar-refractivity contribution is 9.10. The van der Waals surface area contributed by atoms with Gasteiger partial charge in [-0.05, 0) is 78.2 Å². The van der Waals surface area contributed by atoms with Crippen LogP contribution in [0.25, 0.3) is 6.08 Å². The van der Waals surface area contributed by atoms with Crippen molar-refractivity contribution in [3.63, 3.8) is 0 Å². The summed E-state index contributed by atoms with van der Waals surface area (Å²) in [6, 6.07) is 3.55. The number of hydrogen-bond acceptors (Lipinski definition) is 6. The second-order valence-corrected chi connectivity index (χ2v) is 9.61. The third kappa shape index (κ3) is 5.83. The topological polar surface area (TPSA) is 76.2 Å². The van der Waals surface area contributed by atoms with Gasteiger partial charge < -0.3 is 14.4 Å². The molecule has 9 heteroatoms. The summed E-state index contributed by atoms with van der Waals surface area (Å²) in [6.07, 6.45) is 5.73. The predicted octanol–water partition coefficient (Wildman–Crippen LogP) is 4.68. The van der Waals surface area contributed by atoms with Crippen LogP contribution in [-0.2, 0) is 9.59 Å². The standard InChI is InChI=1S/C22H27BrN2O5S/c1-14(2)30-20-16(23)10-15(11-17(20)29-3)12-18-21(27)25(22(28)31-18)13-19(26)24-8-6-4-5-7-9-24/h10-12,14H,4-9,13H2,1-3H3. The molecule has 31 heavy (non-hydrogen) atoms. The number of thioether (sulfide) groups is 1. The lowest BCUT2D eigenvalue weighted by Gasteiger charge is -2.22. The van der Waals surface area contributed by atoms with Crippen LogP contribution >= 0.6 is 27.7 Å². The molecule has 0 radical (unpaired) electrons. The van der Waals surface area contributed by atoms with E-state index in [0.29, 0.717) is 34.6 Å². The van der Waals surface area contributed by atoms with Gasteiger partial charge in [-0.3, -0.25) is 19.3 Å². The van der Waals surface area contributed by atoms with E-state index in [-0.39, 0.29) is 23.5 Å². The third-order valence-electron chi connectivity index (χ3n) is 5.03. The highest BCUT2D eigenvalue weighted by atomic mass is 79.9. The maximum absolute atomic E-state index is 12.8. The van der Waals surface area contributed by atoms with Gasteiger partial charge in [-0.25, -0.2) is 0 Å². The van der Waals surface area contributed by atoms with E-state index < -0.39 is 11.1 Å². The summed E-state index contributed by atoms with van der Waals surface area (Å²) < 4.78 is 11.9. The van der Waals surface area contributed by atoms with Crippen LogP contribution in [0.15, 0.2) is 21.5 Å². The number of amides is 3. The van der Waals surface area contributed by atoms with Crippen molar-refractivity contribution < 1.29 is 23.9 Å². The van der Waals surface area contributed by atoms with Gasteiger partial charge >= 0.3 is 0 Å². The normalized spacial score (nSPS) is 18.7. The van der Waals surface area contributed by atoms with Crippen molar-refractivity contribution in [2.24, 2.45) is 0 Å². The summed E-state index contributed by atoms with van der Waals surface area (Å²) >= 11 is 4.33. The van der Waals surface area contributed by atoms with E-state index in [4.69, 9.17) is 9.47 Å². The van der Waals surface area contributed by atoms with Gasteiger partial charge in [-0.15, -0.1) is 0 Å². The average Bonchev–Trinajstić information content (AvgIpc) is 2.92. The van der Waals surface area contributed by atoms with Crippen LogP contribution in [0.2, 0.25) is 0 Å². The first-order valence-electron chi connectivity index (χ1n) is 10.4. The van der Waals surface area contributed by atoms with Gasteiger partial charge in [0.2, 0.25) is 5.91 Å². The Morgan fingerprint density at radius 3 is 2.48 bits per heavy atom. The summed E-state index contributed by atoms with van der Waals surface area (Å²) in [5, 5.41) is -0.426. The van der Waals surface area contributed by atoms with Crippen molar-refractivity contribution in [3.8, 4) is 11.5 Å². The van der Waals surface area contributed by atoms with Crippen LogP contribution in [0.5, 0.6) is 11.5 Å². The Balaban J connectivity index is 1.76. The van der Waals surface area contributed by atoms with Crippen LogP contribution in [0.4, 0.5) is 4.79 Å². The summed E-state index contributed by atoms with van der Waals surface area (Å²) in [5.74, 6) is 0.469. The molecule has 7 nitrogen and oxygen atoms in total. The monoisotopic (exact) mass is 510 g/mol. The van der Waals surface area contributed by atoms with E-state index in [0.717, 1.165) is 42.3 Å². The molecule has 2 saturated heterocycles. The van der Waals surface area contributed by atoms with Gasteiger partial charge in [-0.2, -0.15) is 0 Å². The maximum Gasteiger partial charge on any atom is 0.294 e. The molecule has 0 unspecified atom stereocenters. The van der Waals surface area contributed by atoms with Gasteiger partial charge in [0.25, 0.3) is 11.1 Å². The molecular formula is C22H27BrN2O5S. The first-order chi connectivity index (χ1) is 14.8. The number of imide groups is 1. The number of benzene rings is 1. The highest BCUT2D eigenvalue weighted by Gasteiger charge is 2.37. The third-order valence-corrected chi connectivity index (χ3v) is 6.53. The SMILES string of the molecule is COc1cc(C=C2SC(=O)N(CC(=O)N3CCCCCC3)C2=O)cc(Br)c1OC(C)C. The van der Waals surface area contributed by atoms with Crippen molar-refractivity contribution in [1.82, 2.24) is 9.80 Å². The Labute approximate surface area is 195 Å². The molecule has 2 aliphatic heterocycles. The van der Waals surface area contributed by atoms with Crippen molar-refractivity contribution in [2.45, 2.75) is 45.6 Å². The van der Waals surface area contributed by atoms with Crippen molar-refractivity contribution in [2.75, 3.05) is 26.7 Å². The molecule has 0 N–H and O–H groups in total. The molecule has 3 amide bonds. The van der Waals surface area contributed by atoms with E-state index >= 15 is 0 Å². The molecule has 1 aromatic carbocycles. The zero-order chi connectivity index (χ0) is 22.5. The molecule has 2 fully saturated rings. The number of carbonyl (C=O) groups excluding carboxylic acids is 3. The summed E-state index contributed by atoms with van der Waals surface area (Å²) in [5.41, 5.74) is 0.684. The molecule has 2 heterocycles. The van der Waals surface area contributed by atoms with E-state index in [1.54, 1.807) is 30.2 Å². The first kappa shape index (κ1) is 23.7. The first-order valence-corrected chi connectivity index (χ1v) is 12.0. The minimum absolute atomic E-state index is 0.0331. The highest BCUT2D eigenvalue weighted by Crippen LogP contribution is 2.39. The number of nitrogens with zero attached hydrogens (tertiary/aromatic N) is 2. The average molecular weight is 511 g/mol. The van der Waals surface area contributed by atoms with Gasteiger partial charge in [0.15, 0.2) is 11.5 Å². The molecular weight excluding hydrogens is 484 g/mol. The summed E-state index contributed by atoms with van der Waals surface area (Å²) in [7, 11) is 1.54. The number of methoxy groups -OCH3 is 1. The van der Waals surface area contributed by atoms with Crippen LogP contribution in [0, 0.1) is 0 Å². The van der Waals surface area contributed by atoms with Crippen LogP contribution in [0.1, 0.15) is 45.1 Å². The zero-order valence-corrected chi connectivity index (χ0v) is 20.4. The minimum Gasteiger partial charge on any atom is -0.493 e. The molecule has 168 valence electrons. The molecule has 0 aromatic heterocycles. The lowest BCUT2D eigenvalue weighted by Crippen LogP contribution is -2.42. The lowest BCUT2D eigenvalue weighted by atomic mass is 10.1. The molecule has 0 atom stereocenters. The van der Waals surface area contributed by atoms with E-state index in [1.165, 1.54) is 0 Å². The Hall–Kier alpha value is -2.00. The quantitative estimate of drug-likeness (QED) is 0.517. The zero-order valence-electron chi connectivity index (χ0n) is 18.0. The van der Waals surface area contributed by atoms with E-state index in [9.17, 15) is 14.4 Å². The molecule has 0 bridgehead atoms. The van der Waals surface area contributed by atoms with Crippen molar-refractivity contribution in [3.05, 3.63) is 27.1 Å². The molecule has 0 saturated carbocycles. The number of ether oxygens (including phenoxy) is 2. The smallest absolute Gasteiger partial charge is 0.294 e. The van der Waals surface area contributed by atoms with Crippen LogP contribution in [-0.4, -0.2) is 59.7 Å². The molecule has 1 aromatic rings. The van der Waals surface area contributed by atoms with E-state index in [1.807, 2.05) is 13.8 Å². The summed E-state index contributed by atoms with van der Waals surface area (Å²) in [6.45, 7) is 4.99. The number of hydrogen-bond donors (Lipinski definition) is 0. The molecule has 0 spiro atoms. The van der Waals surface area contributed by atoms with Gasteiger partial charge in [0, 0.05) is 13.1 Å².